The van der Waals surface area contributed by atoms with Crippen molar-refractivity contribution in [2.24, 2.45) is 0 Å². The van der Waals surface area contributed by atoms with Crippen LogP contribution in [-0.4, -0.2) is 26.7 Å². The molecule has 0 atom stereocenters. The van der Waals surface area contributed by atoms with Crippen molar-refractivity contribution in [3.05, 3.63) is 83.8 Å². The van der Waals surface area contributed by atoms with E-state index >= 15 is 0 Å². The van der Waals surface area contributed by atoms with Crippen molar-refractivity contribution in [3.63, 3.8) is 0 Å². The summed E-state index contributed by atoms with van der Waals surface area (Å²) >= 11 is 0. The average molecular weight is 382 g/mol. The molecule has 0 spiro atoms. The molecule has 2 heterocycles. The van der Waals surface area contributed by atoms with Gasteiger partial charge in [0.15, 0.2) is 5.88 Å². The van der Waals surface area contributed by atoms with Gasteiger partial charge in [-0.3, -0.25) is 0 Å². The number of piperidine rings is 1. The molecule has 3 nitrogen and oxygen atoms in total. The molecule has 2 aromatic rings. The number of hydrogen-bond acceptors (Lipinski definition) is 3. The SMILES string of the molecule is COC1=CC=CCN1c1ccccc1N1CCC(c2ccc(F)cc2F)CC1. The highest BCUT2D eigenvalue weighted by Gasteiger charge is 2.26. The van der Waals surface area contributed by atoms with Crippen LogP contribution in [0.15, 0.2) is 66.6 Å². The fraction of sp³-hybridized carbons (Fsp3) is 0.304. The molecule has 1 saturated heterocycles. The number of nitrogens with zero attached hydrogens (tertiary/aromatic N) is 2. The lowest BCUT2D eigenvalue weighted by Crippen LogP contribution is -2.35. The lowest BCUT2D eigenvalue weighted by atomic mass is 9.88. The van der Waals surface area contributed by atoms with Crippen LogP contribution in [-0.2, 0) is 4.74 Å². The Balaban J connectivity index is 1.53. The van der Waals surface area contributed by atoms with Gasteiger partial charge in [-0.25, -0.2) is 8.78 Å². The Kier molecular flexibility index (Phi) is 5.33. The highest BCUT2D eigenvalue weighted by molar-refractivity contribution is 5.74. The molecule has 1 fully saturated rings. The number of anilines is 2. The minimum Gasteiger partial charge on any atom is -0.482 e. The second-order valence-corrected chi connectivity index (χ2v) is 7.16. The van der Waals surface area contributed by atoms with Crippen molar-refractivity contribution in [1.82, 2.24) is 0 Å². The number of para-hydroxylation sites is 2. The summed E-state index contributed by atoms with van der Waals surface area (Å²) in [6, 6.07) is 12.2. The van der Waals surface area contributed by atoms with Crippen molar-refractivity contribution in [2.75, 3.05) is 36.5 Å². The van der Waals surface area contributed by atoms with Gasteiger partial charge in [0.2, 0.25) is 0 Å². The Bertz CT molecular complexity index is 901. The zero-order valence-corrected chi connectivity index (χ0v) is 15.9. The predicted molar refractivity (Wildman–Crippen MR) is 109 cm³/mol. The van der Waals surface area contributed by atoms with Gasteiger partial charge < -0.3 is 14.5 Å². The average Bonchev–Trinajstić information content (AvgIpc) is 2.74. The Morgan fingerprint density at radius 2 is 1.75 bits per heavy atom. The largest absolute Gasteiger partial charge is 0.482 e. The van der Waals surface area contributed by atoms with E-state index in [0.29, 0.717) is 5.56 Å². The molecule has 0 aliphatic carbocycles. The Labute approximate surface area is 164 Å². The second kappa shape index (κ2) is 8.05. The smallest absolute Gasteiger partial charge is 0.193 e. The number of benzene rings is 2. The summed E-state index contributed by atoms with van der Waals surface area (Å²) in [4.78, 5) is 4.50. The summed E-state index contributed by atoms with van der Waals surface area (Å²) in [7, 11) is 1.68. The van der Waals surface area contributed by atoms with E-state index in [4.69, 9.17) is 4.74 Å². The van der Waals surface area contributed by atoms with Crippen molar-refractivity contribution in [1.29, 1.82) is 0 Å². The lowest BCUT2D eigenvalue weighted by Gasteiger charge is -2.37. The number of rotatable bonds is 4. The molecule has 2 aliphatic rings. The van der Waals surface area contributed by atoms with Crippen molar-refractivity contribution < 1.29 is 13.5 Å². The van der Waals surface area contributed by atoms with Gasteiger partial charge in [-0.1, -0.05) is 30.4 Å². The molecule has 0 radical (unpaired) electrons. The van der Waals surface area contributed by atoms with Crippen LogP contribution in [0.5, 0.6) is 0 Å². The number of halogens is 2. The molecule has 146 valence electrons. The topological polar surface area (TPSA) is 15.7 Å². The van der Waals surface area contributed by atoms with Crippen LogP contribution in [0.25, 0.3) is 0 Å². The predicted octanol–water partition coefficient (Wildman–Crippen LogP) is 5.21. The minimum absolute atomic E-state index is 0.122. The molecule has 2 aromatic carbocycles. The van der Waals surface area contributed by atoms with Gasteiger partial charge in [-0.05, 0) is 48.6 Å². The first-order valence-corrected chi connectivity index (χ1v) is 9.64. The summed E-state index contributed by atoms with van der Waals surface area (Å²) in [5, 5.41) is 0. The maximum absolute atomic E-state index is 14.2. The molecule has 4 rings (SSSR count). The molecule has 0 bridgehead atoms. The molecule has 0 unspecified atom stereocenters. The van der Waals surface area contributed by atoms with Gasteiger partial charge in [0, 0.05) is 25.7 Å². The number of hydrogen-bond donors (Lipinski definition) is 0. The van der Waals surface area contributed by atoms with E-state index in [1.165, 1.54) is 6.07 Å². The first-order chi connectivity index (χ1) is 13.7. The van der Waals surface area contributed by atoms with E-state index in [-0.39, 0.29) is 5.92 Å². The van der Waals surface area contributed by atoms with Gasteiger partial charge >= 0.3 is 0 Å². The molecule has 5 heteroatoms. The van der Waals surface area contributed by atoms with Crippen LogP contribution in [0.3, 0.4) is 0 Å². The highest BCUT2D eigenvalue weighted by Crippen LogP contribution is 2.37. The molecule has 0 N–H and O–H groups in total. The minimum atomic E-state index is -0.523. The third-order valence-electron chi connectivity index (χ3n) is 5.55. The summed E-state index contributed by atoms with van der Waals surface area (Å²) in [6.45, 7) is 2.41. The van der Waals surface area contributed by atoms with Gasteiger partial charge in [0.1, 0.15) is 11.6 Å². The molecule has 0 saturated carbocycles. The van der Waals surface area contributed by atoms with Crippen molar-refractivity contribution in [3.8, 4) is 0 Å². The fourth-order valence-electron chi connectivity index (χ4n) is 4.12. The Hall–Kier alpha value is -2.82. The summed E-state index contributed by atoms with van der Waals surface area (Å²) in [5.41, 5.74) is 2.88. The Morgan fingerprint density at radius 3 is 2.46 bits per heavy atom. The number of methoxy groups -OCH3 is 1. The lowest BCUT2D eigenvalue weighted by molar-refractivity contribution is 0.279. The maximum atomic E-state index is 14.2. The fourth-order valence-corrected chi connectivity index (χ4v) is 4.12. The number of allylic oxidation sites excluding steroid dienone is 2. The quantitative estimate of drug-likeness (QED) is 0.722. The Morgan fingerprint density at radius 1 is 1.00 bits per heavy atom. The van der Waals surface area contributed by atoms with E-state index in [1.807, 2.05) is 24.3 Å². The molecule has 2 aliphatic heterocycles. The zero-order valence-electron chi connectivity index (χ0n) is 15.9. The molecule has 28 heavy (non-hydrogen) atoms. The van der Waals surface area contributed by atoms with E-state index in [9.17, 15) is 8.78 Å². The van der Waals surface area contributed by atoms with Crippen LogP contribution < -0.4 is 9.80 Å². The van der Waals surface area contributed by atoms with E-state index in [2.05, 4.69) is 28.0 Å². The van der Waals surface area contributed by atoms with Gasteiger partial charge in [0.25, 0.3) is 0 Å². The van der Waals surface area contributed by atoms with Crippen molar-refractivity contribution in [2.45, 2.75) is 18.8 Å². The van der Waals surface area contributed by atoms with Crippen LogP contribution in [0.4, 0.5) is 20.2 Å². The summed E-state index contributed by atoms with van der Waals surface area (Å²) in [6.07, 6.45) is 7.74. The van der Waals surface area contributed by atoms with Crippen LogP contribution in [0.2, 0.25) is 0 Å². The monoisotopic (exact) mass is 382 g/mol. The normalized spacial score (nSPS) is 17.6. The van der Waals surface area contributed by atoms with E-state index in [1.54, 1.807) is 13.2 Å². The van der Waals surface area contributed by atoms with E-state index in [0.717, 1.165) is 55.8 Å². The van der Waals surface area contributed by atoms with Crippen LogP contribution >= 0.6 is 0 Å². The van der Waals surface area contributed by atoms with Crippen LogP contribution in [0, 0.1) is 11.6 Å². The second-order valence-electron chi connectivity index (χ2n) is 7.16. The first-order valence-electron chi connectivity index (χ1n) is 9.64. The molecular weight excluding hydrogens is 358 g/mol. The van der Waals surface area contributed by atoms with Gasteiger partial charge in [-0.2, -0.15) is 0 Å². The third-order valence-corrected chi connectivity index (χ3v) is 5.55. The summed E-state index contributed by atoms with van der Waals surface area (Å²) in [5.74, 6) is -0.0198. The zero-order chi connectivity index (χ0) is 19.5. The standard InChI is InChI=1S/C23H24F2N2O/c1-28-23-8-4-5-13-27(23)22-7-3-2-6-21(22)26-14-11-17(12-15-26)19-10-9-18(24)16-20(19)25/h2-10,16-17H,11-15H2,1H3. The summed E-state index contributed by atoms with van der Waals surface area (Å²) < 4.78 is 32.9. The maximum Gasteiger partial charge on any atom is 0.193 e. The van der Waals surface area contributed by atoms with E-state index < -0.39 is 11.6 Å². The molecule has 0 amide bonds. The van der Waals surface area contributed by atoms with Crippen LogP contribution in [0.1, 0.15) is 24.3 Å². The van der Waals surface area contributed by atoms with Gasteiger partial charge in [-0.15, -0.1) is 0 Å². The van der Waals surface area contributed by atoms with Gasteiger partial charge in [0.05, 0.1) is 18.5 Å². The van der Waals surface area contributed by atoms with Crippen molar-refractivity contribution >= 4 is 11.4 Å². The highest BCUT2D eigenvalue weighted by atomic mass is 19.1. The third kappa shape index (κ3) is 3.61. The first kappa shape index (κ1) is 18.5. The molecular formula is C23H24F2N2O. The molecule has 0 aromatic heterocycles. The number of ether oxygens (including phenoxy) is 1.